The molecule has 0 saturated heterocycles. The van der Waals surface area contributed by atoms with Gasteiger partial charge in [0, 0.05) is 6.61 Å². The number of nitrogens with one attached hydrogen (secondary N) is 1. The van der Waals surface area contributed by atoms with Crippen molar-refractivity contribution < 1.29 is 19.0 Å². The molecule has 5 nitrogen and oxygen atoms in total. The number of carbonyl (C=O) groups excluding carboxylic acids is 1. The molecule has 1 N–H and O–H groups in total. The minimum atomic E-state index is -0.694. The molecule has 0 radical (unpaired) electrons. The molecule has 0 amide bonds. The predicted molar refractivity (Wildman–Crippen MR) is 75.2 cm³/mol. The third kappa shape index (κ3) is 8.18. The quantitative estimate of drug-likeness (QED) is 0.513. The number of rotatable bonds is 9. The second-order valence-electron chi connectivity index (χ2n) is 5.63. The Hall–Kier alpha value is -0.650. The van der Waals surface area contributed by atoms with Crippen molar-refractivity contribution in [2.75, 3.05) is 33.5 Å². The van der Waals surface area contributed by atoms with E-state index in [9.17, 15) is 4.79 Å². The van der Waals surface area contributed by atoms with E-state index >= 15 is 0 Å². The lowest BCUT2D eigenvalue weighted by molar-refractivity contribution is -0.151. The molecule has 0 aliphatic rings. The summed E-state index contributed by atoms with van der Waals surface area (Å²) in [6, 6.07) is 0. The molecular weight excluding hydrogens is 246 g/mol. The maximum Gasteiger partial charge on any atom is 0.326 e. The van der Waals surface area contributed by atoms with E-state index in [1.54, 1.807) is 14.0 Å². The summed E-state index contributed by atoms with van der Waals surface area (Å²) in [6.07, 6.45) is 0.567. The van der Waals surface area contributed by atoms with Crippen LogP contribution < -0.4 is 5.32 Å². The molecule has 0 bridgehead atoms. The number of ether oxygens (including phenoxy) is 3. The summed E-state index contributed by atoms with van der Waals surface area (Å²) in [5.74, 6) is -0.243. The molecule has 5 heteroatoms. The normalized spacial score (nSPS) is 15.1. The van der Waals surface area contributed by atoms with E-state index in [-0.39, 0.29) is 11.6 Å². The predicted octanol–water partition coefficient (Wildman–Crippen LogP) is 1.75. The first kappa shape index (κ1) is 18.4. The van der Waals surface area contributed by atoms with Gasteiger partial charge in [-0.3, -0.25) is 4.79 Å². The lowest BCUT2D eigenvalue weighted by Crippen LogP contribution is -2.49. The van der Waals surface area contributed by atoms with Crippen molar-refractivity contribution in [1.29, 1.82) is 0 Å². The van der Waals surface area contributed by atoms with Crippen LogP contribution in [0.4, 0.5) is 0 Å². The average molecular weight is 275 g/mol. The van der Waals surface area contributed by atoms with Crippen molar-refractivity contribution in [3.63, 3.8) is 0 Å². The SMILES string of the molecule is CCOC(=O)C(C)(CCOCCOC(C)(C)C)NC. The summed E-state index contributed by atoms with van der Waals surface area (Å²) < 4.78 is 16.1. The van der Waals surface area contributed by atoms with Crippen LogP contribution in [0.2, 0.25) is 0 Å². The van der Waals surface area contributed by atoms with E-state index < -0.39 is 5.54 Å². The van der Waals surface area contributed by atoms with Crippen molar-refractivity contribution in [1.82, 2.24) is 5.32 Å². The highest BCUT2D eigenvalue weighted by molar-refractivity contribution is 5.80. The summed E-state index contributed by atoms with van der Waals surface area (Å²) >= 11 is 0. The zero-order valence-corrected chi connectivity index (χ0v) is 13.2. The molecule has 0 heterocycles. The maximum absolute atomic E-state index is 11.8. The fourth-order valence-corrected chi connectivity index (χ4v) is 1.40. The molecule has 19 heavy (non-hydrogen) atoms. The molecule has 0 aliphatic carbocycles. The van der Waals surface area contributed by atoms with Crippen LogP contribution in [0.5, 0.6) is 0 Å². The van der Waals surface area contributed by atoms with Crippen LogP contribution in [0.25, 0.3) is 0 Å². The zero-order valence-electron chi connectivity index (χ0n) is 13.2. The summed E-state index contributed by atoms with van der Waals surface area (Å²) in [7, 11) is 1.75. The van der Waals surface area contributed by atoms with Crippen molar-refractivity contribution in [3.05, 3.63) is 0 Å². The average Bonchev–Trinajstić information content (AvgIpc) is 2.32. The Morgan fingerprint density at radius 1 is 1.11 bits per heavy atom. The number of hydrogen-bond donors (Lipinski definition) is 1. The van der Waals surface area contributed by atoms with E-state index in [1.165, 1.54) is 0 Å². The first-order chi connectivity index (χ1) is 8.75. The summed E-state index contributed by atoms with van der Waals surface area (Å²) in [5, 5.41) is 2.99. The third-order valence-corrected chi connectivity index (χ3v) is 2.79. The Morgan fingerprint density at radius 2 is 1.74 bits per heavy atom. The van der Waals surface area contributed by atoms with Gasteiger partial charge in [-0.15, -0.1) is 0 Å². The van der Waals surface area contributed by atoms with Crippen molar-refractivity contribution in [2.24, 2.45) is 0 Å². The van der Waals surface area contributed by atoms with Gasteiger partial charge in [0.25, 0.3) is 0 Å². The number of likely N-dealkylation sites (N-methyl/N-ethyl adjacent to an activating group) is 1. The standard InChI is InChI=1S/C14H29NO4/c1-7-18-12(16)14(5,15-6)8-9-17-10-11-19-13(2,3)4/h15H,7-11H2,1-6H3. The summed E-state index contributed by atoms with van der Waals surface area (Å²) in [5.41, 5.74) is -0.839. The van der Waals surface area contributed by atoms with Crippen LogP contribution in [0.3, 0.4) is 0 Å². The van der Waals surface area contributed by atoms with Crippen molar-refractivity contribution in [3.8, 4) is 0 Å². The number of esters is 1. The first-order valence-electron chi connectivity index (χ1n) is 6.83. The number of carbonyl (C=O) groups is 1. The van der Waals surface area contributed by atoms with Gasteiger partial charge in [-0.1, -0.05) is 0 Å². The van der Waals surface area contributed by atoms with Crippen LogP contribution in [0.15, 0.2) is 0 Å². The van der Waals surface area contributed by atoms with Crippen LogP contribution >= 0.6 is 0 Å². The second kappa shape index (κ2) is 8.51. The van der Waals surface area contributed by atoms with Gasteiger partial charge in [0.15, 0.2) is 0 Å². The first-order valence-corrected chi connectivity index (χ1v) is 6.83. The van der Waals surface area contributed by atoms with Gasteiger partial charge in [0.2, 0.25) is 0 Å². The van der Waals surface area contributed by atoms with Crippen molar-refractivity contribution in [2.45, 2.75) is 52.2 Å². The van der Waals surface area contributed by atoms with E-state index in [1.807, 2.05) is 27.7 Å². The lowest BCUT2D eigenvalue weighted by atomic mass is 9.99. The lowest BCUT2D eigenvalue weighted by Gasteiger charge is -2.26. The second-order valence-corrected chi connectivity index (χ2v) is 5.63. The van der Waals surface area contributed by atoms with Gasteiger partial charge in [0.1, 0.15) is 5.54 Å². The van der Waals surface area contributed by atoms with E-state index in [4.69, 9.17) is 14.2 Å². The van der Waals surface area contributed by atoms with Gasteiger partial charge in [-0.05, 0) is 48.1 Å². The molecule has 0 saturated carbocycles. The van der Waals surface area contributed by atoms with Gasteiger partial charge in [-0.2, -0.15) is 0 Å². The van der Waals surface area contributed by atoms with E-state index in [0.29, 0.717) is 32.8 Å². The van der Waals surface area contributed by atoms with Gasteiger partial charge in [0.05, 0.1) is 25.4 Å². The summed E-state index contributed by atoms with van der Waals surface area (Å²) in [6.45, 7) is 11.6. The molecule has 0 aromatic rings. The minimum Gasteiger partial charge on any atom is -0.465 e. The van der Waals surface area contributed by atoms with Crippen molar-refractivity contribution >= 4 is 5.97 Å². The molecular formula is C14H29NO4. The Bertz CT molecular complexity index is 263. The fraction of sp³-hybridized carbons (Fsp3) is 0.929. The molecule has 0 aromatic carbocycles. The van der Waals surface area contributed by atoms with E-state index in [2.05, 4.69) is 5.32 Å². The third-order valence-electron chi connectivity index (χ3n) is 2.79. The molecule has 0 aliphatic heterocycles. The Kier molecular flexibility index (Phi) is 8.22. The topological polar surface area (TPSA) is 56.8 Å². The molecule has 0 fully saturated rings. The molecule has 1 unspecified atom stereocenters. The van der Waals surface area contributed by atoms with Crippen LogP contribution in [-0.4, -0.2) is 50.6 Å². The highest BCUT2D eigenvalue weighted by Gasteiger charge is 2.32. The van der Waals surface area contributed by atoms with Crippen LogP contribution in [-0.2, 0) is 19.0 Å². The molecule has 114 valence electrons. The highest BCUT2D eigenvalue weighted by Crippen LogP contribution is 2.12. The van der Waals surface area contributed by atoms with Crippen LogP contribution in [0, 0.1) is 0 Å². The Balaban J connectivity index is 3.87. The van der Waals surface area contributed by atoms with Crippen LogP contribution in [0.1, 0.15) is 41.0 Å². The van der Waals surface area contributed by atoms with Gasteiger partial charge < -0.3 is 19.5 Å². The fourth-order valence-electron chi connectivity index (χ4n) is 1.40. The van der Waals surface area contributed by atoms with Gasteiger partial charge >= 0.3 is 5.97 Å². The minimum absolute atomic E-state index is 0.145. The van der Waals surface area contributed by atoms with E-state index in [0.717, 1.165) is 0 Å². The highest BCUT2D eigenvalue weighted by atomic mass is 16.5. The molecule has 0 spiro atoms. The largest absolute Gasteiger partial charge is 0.465 e. The Morgan fingerprint density at radius 3 is 2.21 bits per heavy atom. The zero-order chi connectivity index (χ0) is 14.9. The maximum atomic E-state index is 11.8. The number of hydrogen-bond acceptors (Lipinski definition) is 5. The Labute approximate surface area is 117 Å². The van der Waals surface area contributed by atoms with Gasteiger partial charge in [-0.25, -0.2) is 0 Å². The molecule has 0 aromatic heterocycles. The smallest absolute Gasteiger partial charge is 0.326 e. The molecule has 0 rings (SSSR count). The summed E-state index contributed by atoms with van der Waals surface area (Å²) in [4.78, 5) is 11.8. The molecule has 1 atom stereocenters. The monoisotopic (exact) mass is 275 g/mol.